The van der Waals surface area contributed by atoms with Crippen LogP contribution in [-0.2, 0) is 10.0 Å². The lowest BCUT2D eigenvalue weighted by Crippen LogP contribution is -2.40. The number of nitrogens with one attached hydrogen (secondary N) is 1. The molecule has 6 rings (SSSR count). The molecule has 1 spiro atoms. The van der Waals surface area contributed by atoms with Gasteiger partial charge in [-0.05, 0) is 62.3 Å². The van der Waals surface area contributed by atoms with Gasteiger partial charge in [0.05, 0.1) is 18.0 Å². The Labute approximate surface area is 237 Å². The number of aryl methyl sites for hydroxylation is 1. The molecule has 3 fully saturated rings. The molecule has 2 N–H and O–H groups in total. The van der Waals surface area contributed by atoms with E-state index in [2.05, 4.69) is 29.7 Å². The van der Waals surface area contributed by atoms with Crippen molar-refractivity contribution in [2.45, 2.75) is 51.4 Å². The highest BCUT2D eigenvalue weighted by atomic mass is 32.2. The fraction of sp³-hybridized carbons (Fsp3) is 0.556. The van der Waals surface area contributed by atoms with Gasteiger partial charge in [-0.1, -0.05) is 5.16 Å². The third kappa shape index (κ3) is 6.13. The number of piperidine rings is 2. The Morgan fingerprint density at radius 2 is 1.68 bits per heavy atom. The zero-order valence-corrected chi connectivity index (χ0v) is 23.6. The third-order valence-corrected chi connectivity index (χ3v) is 9.53. The van der Waals surface area contributed by atoms with Crippen molar-refractivity contribution in [2.75, 3.05) is 53.1 Å². The van der Waals surface area contributed by atoms with E-state index in [0.29, 0.717) is 39.8 Å². The van der Waals surface area contributed by atoms with E-state index >= 15 is 0 Å². The zero-order valence-electron chi connectivity index (χ0n) is 22.8. The molecule has 2 aliphatic heterocycles. The van der Waals surface area contributed by atoms with Gasteiger partial charge in [-0.3, -0.25) is 4.72 Å². The molecule has 4 heterocycles. The Kier molecular flexibility index (Phi) is 7.09. The summed E-state index contributed by atoms with van der Waals surface area (Å²) in [4.78, 5) is 17.6. The highest BCUT2D eigenvalue weighted by molar-refractivity contribution is 7.92. The second-order valence-electron chi connectivity index (χ2n) is 11.3. The summed E-state index contributed by atoms with van der Waals surface area (Å²) in [5.74, 6) is -2.24. The standard InChI is InChI=1S/C27H33F2N7O4S/c1-18-16-21(31-25(30-18)36-12-8-27(28,29)9-13-36)24-32-23(33-40-24)20-3-2-19(34-41(38,39)15-14-37)17-22(20)35-10-6-26(4-5-26)7-11-35/h2-3,16-17,34,37H,4-15H2,1H3. The second-order valence-corrected chi connectivity index (χ2v) is 13.2. The topological polar surface area (TPSA) is 138 Å². The number of rotatable bonds is 8. The summed E-state index contributed by atoms with van der Waals surface area (Å²) in [6.45, 7) is 3.28. The number of hydrogen-bond donors (Lipinski definition) is 2. The largest absolute Gasteiger partial charge is 0.395 e. The Hall–Kier alpha value is -3.39. The molecule has 3 aromatic rings. The molecule has 41 heavy (non-hydrogen) atoms. The number of anilines is 3. The van der Waals surface area contributed by atoms with Crippen molar-refractivity contribution in [1.82, 2.24) is 20.1 Å². The summed E-state index contributed by atoms with van der Waals surface area (Å²) in [7, 11) is -3.70. The van der Waals surface area contributed by atoms with Crippen molar-refractivity contribution < 1.29 is 26.8 Å². The number of benzene rings is 1. The fourth-order valence-corrected chi connectivity index (χ4v) is 6.40. The quantitative estimate of drug-likeness (QED) is 0.399. The van der Waals surface area contributed by atoms with Gasteiger partial charge < -0.3 is 19.4 Å². The molecule has 1 aromatic carbocycles. The van der Waals surface area contributed by atoms with Gasteiger partial charge in [0, 0.05) is 56.0 Å². The smallest absolute Gasteiger partial charge is 0.277 e. The summed E-state index contributed by atoms with van der Waals surface area (Å²) in [6, 6.07) is 6.87. The molecule has 2 saturated heterocycles. The summed E-state index contributed by atoms with van der Waals surface area (Å²) < 4.78 is 60.2. The minimum Gasteiger partial charge on any atom is -0.395 e. The van der Waals surface area contributed by atoms with Crippen LogP contribution in [0.2, 0.25) is 0 Å². The van der Waals surface area contributed by atoms with Crippen LogP contribution in [0.25, 0.3) is 23.0 Å². The van der Waals surface area contributed by atoms with Gasteiger partial charge >= 0.3 is 0 Å². The molecule has 0 amide bonds. The molecular weight excluding hydrogens is 556 g/mol. The molecule has 3 aliphatic rings. The van der Waals surface area contributed by atoms with E-state index in [4.69, 9.17) is 9.63 Å². The van der Waals surface area contributed by atoms with Crippen molar-refractivity contribution in [3.8, 4) is 23.0 Å². The van der Waals surface area contributed by atoms with E-state index in [-0.39, 0.29) is 31.8 Å². The van der Waals surface area contributed by atoms with Crippen LogP contribution in [0.3, 0.4) is 0 Å². The average Bonchev–Trinajstić information content (AvgIpc) is 3.48. The van der Waals surface area contributed by atoms with Crippen LogP contribution in [0.1, 0.15) is 44.2 Å². The summed E-state index contributed by atoms with van der Waals surface area (Å²) in [5, 5.41) is 13.3. The number of hydrogen-bond acceptors (Lipinski definition) is 10. The first-order chi connectivity index (χ1) is 19.5. The van der Waals surface area contributed by atoms with Crippen molar-refractivity contribution >= 4 is 27.3 Å². The lowest BCUT2D eigenvalue weighted by atomic mass is 9.93. The molecule has 0 radical (unpaired) electrons. The lowest BCUT2D eigenvalue weighted by Gasteiger charge is -2.35. The second kappa shape index (κ2) is 10.5. The van der Waals surface area contributed by atoms with Gasteiger partial charge in [0.2, 0.25) is 21.8 Å². The number of halogens is 2. The van der Waals surface area contributed by atoms with Crippen molar-refractivity contribution in [2.24, 2.45) is 5.41 Å². The van der Waals surface area contributed by atoms with Gasteiger partial charge in [0.1, 0.15) is 5.69 Å². The summed E-state index contributed by atoms with van der Waals surface area (Å²) in [5.41, 5.74) is 3.34. The number of aromatic nitrogens is 4. The first-order valence-corrected chi connectivity index (χ1v) is 15.5. The first kappa shape index (κ1) is 27.8. The Morgan fingerprint density at radius 3 is 2.37 bits per heavy atom. The maximum absolute atomic E-state index is 13.7. The Balaban J connectivity index is 1.30. The maximum Gasteiger partial charge on any atom is 0.277 e. The molecule has 0 atom stereocenters. The molecule has 0 bridgehead atoms. The Morgan fingerprint density at radius 1 is 0.976 bits per heavy atom. The van der Waals surface area contributed by atoms with E-state index in [9.17, 15) is 17.2 Å². The molecule has 220 valence electrons. The SMILES string of the molecule is Cc1cc(-c2nc(-c3ccc(NS(=O)(=O)CCO)cc3N3CCC4(CC3)CC4)no2)nc(N2CCC(F)(F)CC2)n1. The Bertz CT molecular complexity index is 1520. The van der Waals surface area contributed by atoms with Crippen LogP contribution in [0.4, 0.5) is 26.1 Å². The minimum atomic E-state index is -3.70. The zero-order chi connectivity index (χ0) is 28.8. The number of nitrogens with zero attached hydrogens (tertiary/aromatic N) is 6. The first-order valence-electron chi connectivity index (χ1n) is 13.9. The van der Waals surface area contributed by atoms with Crippen LogP contribution >= 0.6 is 0 Å². The average molecular weight is 590 g/mol. The molecule has 2 aromatic heterocycles. The number of alkyl halides is 2. The van der Waals surface area contributed by atoms with E-state index in [1.807, 2.05) is 0 Å². The maximum atomic E-state index is 13.7. The predicted octanol–water partition coefficient (Wildman–Crippen LogP) is 3.85. The van der Waals surface area contributed by atoms with Crippen molar-refractivity contribution in [1.29, 1.82) is 0 Å². The van der Waals surface area contributed by atoms with Gasteiger partial charge in [-0.25, -0.2) is 27.2 Å². The van der Waals surface area contributed by atoms with Crippen LogP contribution < -0.4 is 14.5 Å². The molecule has 1 aliphatic carbocycles. The normalized spacial score (nSPS) is 19.9. The van der Waals surface area contributed by atoms with E-state index in [1.165, 1.54) is 12.8 Å². The fourth-order valence-electron chi connectivity index (χ4n) is 5.57. The van der Waals surface area contributed by atoms with Crippen LogP contribution in [0.15, 0.2) is 28.8 Å². The van der Waals surface area contributed by atoms with E-state index in [0.717, 1.165) is 31.6 Å². The highest BCUT2D eigenvalue weighted by Crippen LogP contribution is 2.54. The number of aliphatic hydroxyl groups excluding tert-OH is 1. The monoisotopic (exact) mass is 589 g/mol. The number of sulfonamides is 1. The van der Waals surface area contributed by atoms with Crippen LogP contribution in [0, 0.1) is 12.3 Å². The molecule has 11 nitrogen and oxygen atoms in total. The van der Waals surface area contributed by atoms with Gasteiger partial charge in [-0.15, -0.1) is 0 Å². The van der Waals surface area contributed by atoms with Gasteiger partial charge in [-0.2, -0.15) is 4.98 Å². The predicted molar refractivity (Wildman–Crippen MR) is 150 cm³/mol. The minimum absolute atomic E-state index is 0.153. The highest BCUT2D eigenvalue weighted by Gasteiger charge is 2.44. The van der Waals surface area contributed by atoms with E-state index in [1.54, 1.807) is 36.1 Å². The molecule has 14 heteroatoms. The number of aliphatic hydroxyl groups is 1. The van der Waals surface area contributed by atoms with E-state index < -0.39 is 28.3 Å². The van der Waals surface area contributed by atoms with Gasteiger partial charge in [0.15, 0.2) is 0 Å². The lowest BCUT2D eigenvalue weighted by molar-refractivity contribution is -0.0222. The van der Waals surface area contributed by atoms with Crippen LogP contribution in [-0.4, -0.2) is 78.1 Å². The van der Waals surface area contributed by atoms with Crippen LogP contribution in [0.5, 0.6) is 0 Å². The molecular formula is C27H33F2N7O4S. The van der Waals surface area contributed by atoms with Gasteiger partial charge in [0.25, 0.3) is 11.8 Å². The van der Waals surface area contributed by atoms with Crippen molar-refractivity contribution in [3.05, 3.63) is 30.0 Å². The summed E-state index contributed by atoms with van der Waals surface area (Å²) in [6.07, 6.45) is 4.13. The summed E-state index contributed by atoms with van der Waals surface area (Å²) >= 11 is 0. The molecule has 0 unspecified atom stereocenters. The third-order valence-electron chi connectivity index (χ3n) is 8.26. The molecule has 1 saturated carbocycles. The van der Waals surface area contributed by atoms with Crippen molar-refractivity contribution in [3.63, 3.8) is 0 Å².